The summed E-state index contributed by atoms with van der Waals surface area (Å²) in [5.74, 6) is 1.52. The van der Waals surface area contributed by atoms with Gasteiger partial charge >= 0.3 is 0 Å². The summed E-state index contributed by atoms with van der Waals surface area (Å²) in [5.41, 5.74) is 0.892. The first-order valence-corrected chi connectivity index (χ1v) is 10.8. The van der Waals surface area contributed by atoms with Crippen molar-refractivity contribution in [1.29, 1.82) is 0 Å². The quantitative estimate of drug-likeness (QED) is 0.855. The van der Waals surface area contributed by atoms with E-state index in [0.717, 1.165) is 58.0 Å². The van der Waals surface area contributed by atoms with Gasteiger partial charge in [-0.05, 0) is 80.8 Å². The van der Waals surface area contributed by atoms with Crippen LogP contribution in [0.4, 0.5) is 5.69 Å². The highest BCUT2D eigenvalue weighted by Gasteiger charge is 2.57. The molecule has 1 saturated heterocycles. The average molecular weight is 369 g/mol. The van der Waals surface area contributed by atoms with E-state index in [0.29, 0.717) is 24.3 Å². The van der Waals surface area contributed by atoms with Crippen molar-refractivity contribution in [3.05, 3.63) is 30.3 Å². The molecule has 6 rings (SSSR count). The van der Waals surface area contributed by atoms with Gasteiger partial charge in [0.2, 0.25) is 5.91 Å². The number of carbonyl (C=O) groups excluding carboxylic acids is 1. The van der Waals surface area contributed by atoms with Gasteiger partial charge in [0.05, 0.1) is 5.60 Å². The molecule has 5 aliphatic rings. The van der Waals surface area contributed by atoms with Crippen molar-refractivity contribution < 1.29 is 9.90 Å². The molecule has 4 saturated carbocycles. The van der Waals surface area contributed by atoms with Gasteiger partial charge in [-0.25, -0.2) is 0 Å². The van der Waals surface area contributed by atoms with E-state index in [1.54, 1.807) is 0 Å². The molecule has 2 N–H and O–H groups in total. The molecule has 0 radical (unpaired) electrons. The first kappa shape index (κ1) is 17.5. The van der Waals surface area contributed by atoms with Crippen LogP contribution in [0.3, 0.4) is 0 Å². The number of carbonyl (C=O) groups is 1. The third-order valence-corrected chi connectivity index (χ3v) is 7.67. The predicted octanol–water partition coefficient (Wildman–Crippen LogP) is 3.49. The van der Waals surface area contributed by atoms with Crippen LogP contribution in [0, 0.1) is 17.3 Å². The number of para-hydroxylation sites is 1. The Labute approximate surface area is 162 Å². The highest BCUT2D eigenvalue weighted by Crippen LogP contribution is 2.62. The lowest BCUT2D eigenvalue weighted by molar-refractivity contribution is -0.169. The van der Waals surface area contributed by atoms with Crippen molar-refractivity contribution in [1.82, 2.24) is 5.32 Å². The van der Waals surface area contributed by atoms with E-state index >= 15 is 0 Å². The standard InChI is InChI=1S/C23H32N2O2/c26-21(15-22-11-17-10-18(12-22)14-23(27,13-17)16-22)24-19-6-8-25(9-7-19)20-4-2-1-3-5-20/h1-5,17-19,27H,6-16H2,(H,24,26)/t17-,18-,22?,23?/m1/s1. The molecule has 1 aromatic rings. The molecular weight excluding hydrogens is 336 g/mol. The summed E-state index contributed by atoms with van der Waals surface area (Å²) >= 11 is 0. The van der Waals surface area contributed by atoms with Crippen molar-refractivity contribution in [3.63, 3.8) is 0 Å². The van der Waals surface area contributed by atoms with Crippen LogP contribution in [0.2, 0.25) is 0 Å². The number of benzene rings is 1. The van der Waals surface area contributed by atoms with E-state index in [1.807, 2.05) is 0 Å². The third kappa shape index (κ3) is 3.49. The van der Waals surface area contributed by atoms with E-state index in [-0.39, 0.29) is 11.3 Å². The summed E-state index contributed by atoms with van der Waals surface area (Å²) in [6.07, 6.45) is 9.07. The predicted molar refractivity (Wildman–Crippen MR) is 107 cm³/mol. The van der Waals surface area contributed by atoms with Crippen molar-refractivity contribution in [2.75, 3.05) is 18.0 Å². The largest absolute Gasteiger partial charge is 0.390 e. The Bertz CT molecular complexity index is 682. The summed E-state index contributed by atoms with van der Waals surface area (Å²) in [4.78, 5) is 15.3. The van der Waals surface area contributed by atoms with Crippen LogP contribution in [0.5, 0.6) is 0 Å². The summed E-state index contributed by atoms with van der Waals surface area (Å²) in [6, 6.07) is 10.9. The van der Waals surface area contributed by atoms with E-state index < -0.39 is 5.60 Å². The molecule has 146 valence electrons. The molecule has 27 heavy (non-hydrogen) atoms. The summed E-state index contributed by atoms with van der Waals surface area (Å²) in [7, 11) is 0. The molecule has 0 aromatic heterocycles. The van der Waals surface area contributed by atoms with Gasteiger partial charge in [-0.1, -0.05) is 18.2 Å². The average Bonchev–Trinajstić information content (AvgIpc) is 2.60. The van der Waals surface area contributed by atoms with Gasteiger partial charge < -0.3 is 15.3 Å². The molecule has 1 amide bonds. The highest BCUT2D eigenvalue weighted by atomic mass is 16.3. The maximum absolute atomic E-state index is 12.8. The maximum Gasteiger partial charge on any atom is 0.220 e. The summed E-state index contributed by atoms with van der Waals surface area (Å²) in [6.45, 7) is 2.01. The Morgan fingerprint density at radius 3 is 2.37 bits per heavy atom. The van der Waals surface area contributed by atoms with Crippen LogP contribution in [-0.4, -0.2) is 35.7 Å². The summed E-state index contributed by atoms with van der Waals surface area (Å²) in [5, 5.41) is 14.2. The molecule has 4 nitrogen and oxygen atoms in total. The molecule has 4 aliphatic carbocycles. The van der Waals surface area contributed by atoms with Crippen LogP contribution in [0.25, 0.3) is 0 Å². The Kier molecular flexibility index (Phi) is 4.23. The van der Waals surface area contributed by atoms with Gasteiger partial charge in [-0.2, -0.15) is 0 Å². The Morgan fingerprint density at radius 1 is 1.07 bits per heavy atom. The van der Waals surface area contributed by atoms with E-state index in [4.69, 9.17) is 0 Å². The molecule has 1 heterocycles. The number of anilines is 1. The zero-order valence-corrected chi connectivity index (χ0v) is 16.2. The first-order valence-electron chi connectivity index (χ1n) is 10.8. The molecular formula is C23H32N2O2. The lowest BCUT2D eigenvalue weighted by atomic mass is 9.47. The van der Waals surface area contributed by atoms with Crippen molar-refractivity contribution >= 4 is 11.6 Å². The maximum atomic E-state index is 12.8. The number of nitrogens with zero attached hydrogens (tertiary/aromatic N) is 1. The zero-order chi connectivity index (χ0) is 18.5. The van der Waals surface area contributed by atoms with Gasteiger partial charge in [0.15, 0.2) is 0 Å². The Balaban J connectivity index is 1.15. The van der Waals surface area contributed by atoms with Gasteiger partial charge in [0.1, 0.15) is 0 Å². The monoisotopic (exact) mass is 368 g/mol. The smallest absolute Gasteiger partial charge is 0.220 e. The minimum atomic E-state index is -0.467. The minimum Gasteiger partial charge on any atom is -0.390 e. The first-order chi connectivity index (χ1) is 13.0. The molecule has 5 fully saturated rings. The normalized spacial score (nSPS) is 38.2. The number of nitrogens with one attached hydrogen (secondary N) is 1. The SMILES string of the molecule is O=C(CC12C[C@H]3C[C@@H](CC(O)(C3)C1)C2)NC1CCN(c2ccccc2)CC1. The number of aliphatic hydroxyl groups is 1. The Morgan fingerprint density at radius 2 is 1.74 bits per heavy atom. The van der Waals surface area contributed by atoms with E-state index in [2.05, 4.69) is 40.5 Å². The van der Waals surface area contributed by atoms with Gasteiger partial charge in [0.25, 0.3) is 0 Å². The van der Waals surface area contributed by atoms with Gasteiger partial charge in [0, 0.05) is 31.2 Å². The van der Waals surface area contributed by atoms with Gasteiger partial charge in [-0.15, -0.1) is 0 Å². The fourth-order valence-corrected chi connectivity index (χ4v) is 7.15. The zero-order valence-electron chi connectivity index (χ0n) is 16.2. The van der Waals surface area contributed by atoms with Crippen LogP contribution >= 0.6 is 0 Å². The molecule has 4 bridgehead atoms. The molecule has 1 aromatic carbocycles. The number of hydrogen-bond acceptors (Lipinski definition) is 3. The van der Waals surface area contributed by atoms with Crippen molar-refractivity contribution in [2.24, 2.45) is 17.3 Å². The minimum absolute atomic E-state index is 0.0770. The molecule has 0 unspecified atom stereocenters. The second kappa shape index (κ2) is 6.51. The fourth-order valence-electron chi connectivity index (χ4n) is 7.15. The molecule has 0 spiro atoms. The number of rotatable bonds is 4. The summed E-state index contributed by atoms with van der Waals surface area (Å²) < 4.78 is 0. The van der Waals surface area contributed by atoms with Crippen LogP contribution in [-0.2, 0) is 4.79 Å². The lowest BCUT2D eigenvalue weighted by Crippen LogP contribution is -2.57. The molecule has 2 atom stereocenters. The second-order valence-electron chi connectivity index (χ2n) is 10.0. The molecule has 1 aliphatic heterocycles. The lowest BCUT2D eigenvalue weighted by Gasteiger charge is -2.60. The van der Waals surface area contributed by atoms with Crippen LogP contribution < -0.4 is 10.2 Å². The Hall–Kier alpha value is -1.55. The number of hydrogen-bond donors (Lipinski definition) is 2. The fraction of sp³-hybridized carbons (Fsp3) is 0.696. The van der Waals surface area contributed by atoms with Crippen LogP contribution in [0.15, 0.2) is 30.3 Å². The van der Waals surface area contributed by atoms with E-state index in [9.17, 15) is 9.90 Å². The van der Waals surface area contributed by atoms with Crippen molar-refractivity contribution in [3.8, 4) is 0 Å². The third-order valence-electron chi connectivity index (χ3n) is 7.67. The van der Waals surface area contributed by atoms with Gasteiger partial charge in [-0.3, -0.25) is 4.79 Å². The highest BCUT2D eigenvalue weighted by molar-refractivity contribution is 5.77. The van der Waals surface area contributed by atoms with Crippen LogP contribution in [0.1, 0.15) is 57.8 Å². The molecule has 4 heteroatoms. The number of amides is 1. The number of piperidine rings is 1. The second-order valence-corrected chi connectivity index (χ2v) is 10.0. The van der Waals surface area contributed by atoms with Crippen molar-refractivity contribution in [2.45, 2.75) is 69.4 Å². The van der Waals surface area contributed by atoms with E-state index in [1.165, 1.54) is 12.1 Å². The topological polar surface area (TPSA) is 52.6 Å².